The zero-order valence-corrected chi connectivity index (χ0v) is 7.92. The van der Waals surface area contributed by atoms with Crippen molar-refractivity contribution in [1.82, 2.24) is 9.55 Å². The minimum atomic E-state index is -0.749. The van der Waals surface area contributed by atoms with Gasteiger partial charge < -0.3 is 9.84 Å². The van der Waals surface area contributed by atoms with Crippen molar-refractivity contribution in [2.75, 3.05) is 0 Å². The van der Waals surface area contributed by atoms with Crippen LogP contribution in [0, 0.1) is 0 Å². The Hall–Kier alpha value is -1.40. The number of aliphatic hydroxyl groups is 1. The summed E-state index contributed by atoms with van der Waals surface area (Å²) >= 11 is 0. The van der Waals surface area contributed by atoms with Gasteiger partial charge in [0.1, 0.15) is 6.23 Å². The maximum Gasteiger partial charge on any atom is 0.330 e. The Morgan fingerprint density at radius 2 is 2.53 bits per heavy atom. The van der Waals surface area contributed by atoms with Gasteiger partial charge >= 0.3 is 5.69 Å². The van der Waals surface area contributed by atoms with Crippen LogP contribution in [-0.4, -0.2) is 26.9 Å². The molecule has 0 bridgehead atoms. The Morgan fingerprint density at radius 3 is 3.13 bits per heavy atom. The number of aliphatic hydroxyl groups excluding tert-OH is 1. The van der Waals surface area contributed by atoms with E-state index in [1.165, 1.54) is 16.8 Å². The molecular weight excluding hydrogens is 200 g/mol. The second kappa shape index (κ2) is 3.63. The molecule has 1 saturated heterocycles. The van der Waals surface area contributed by atoms with E-state index in [4.69, 9.17) is 6.11 Å². The number of hydrogen-bond acceptors (Lipinski definition) is 4. The number of aromatic amines is 1. The summed E-state index contributed by atoms with van der Waals surface area (Å²) < 4.78 is 13.7. The first-order valence-electron chi connectivity index (χ1n) is 5.27. The molecule has 1 aromatic heterocycles. The Labute approximate surface area is 86.5 Å². The molecule has 0 aromatic carbocycles. The molecule has 0 radical (unpaired) electrons. The Balaban J connectivity index is 2.27. The zero-order chi connectivity index (χ0) is 11.7. The van der Waals surface area contributed by atoms with Gasteiger partial charge in [0.2, 0.25) is 0 Å². The lowest BCUT2D eigenvalue weighted by atomic mass is 10.2. The first-order valence-corrected chi connectivity index (χ1v) is 4.56. The van der Waals surface area contributed by atoms with Crippen molar-refractivity contribution in [1.29, 1.82) is 0 Å². The van der Waals surface area contributed by atoms with Gasteiger partial charge in [0.15, 0.2) is 0 Å². The van der Waals surface area contributed by atoms with Gasteiger partial charge in [0.05, 0.1) is 12.2 Å². The summed E-state index contributed by atoms with van der Waals surface area (Å²) in [4.78, 5) is 24.4. The zero-order valence-electron chi connectivity index (χ0n) is 8.92. The summed E-state index contributed by atoms with van der Waals surface area (Å²) in [5.74, 6) is 0. The lowest BCUT2D eigenvalue weighted by Gasteiger charge is -2.12. The van der Waals surface area contributed by atoms with E-state index in [1.54, 1.807) is 0 Å². The van der Waals surface area contributed by atoms with Gasteiger partial charge in [-0.1, -0.05) is 0 Å². The molecule has 2 heterocycles. The van der Waals surface area contributed by atoms with E-state index < -0.39 is 29.7 Å². The molecule has 15 heavy (non-hydrogen) atoms. The molecule has 2 N–H and O–H groups in total. The fraction of sp³-hybridized carbons (Fsp3) is 0.556. The van der Waals surface area contributed by atoms with Crippen molar-refractivity contribution in [3.8, 4) is 0 Å². The molecule has 0 spiro atoms. The quantitative estimate of drug-likeness (QED) is 0.640. The molecule has 6 nitrogen and oxygen atoms in total. The fourth-order valence-corrected chi connectivity index (χ4v) is 1.54. The fourth-order valence-electron chi connectivity index (χ4n) is 1.54. The normalized spacial score (nSPS) is 31.5. The summed E-state index contributed by atoms with van der Waals surface area (Å²) in [6, 6.07) is 1.21. The predicted octanol–water partition coefficient (Wildman–Crippen LogP) is -0.795. The van der Waals surface area contributed by atoms with Crippen LogP contribution in [0.1, 0.15) is 20.9 Å². The summed E-state index contributed by atoms with van der Waals surface area (Å²) in [7, 11) is 0. The summed E-state index contributed by atoms with van der Waals surface area (Å²) in [6.07, 6.45) is -0.375. The molecule has 1 aromatic rings. The molecule has 0 amide bonds. The van der Waals surface area contributed by atoms with E-state index in [1.807, 2.05) is 0 Å². The highest BCUT2D eigenvalue weighted by atomic mass is 16.5. The Kier molecular flexibility index (Phi) is 2.15. The SMILES string of the molecule is [2H]C[C@H]1O[C@@H](n2ccc(=O)[nH]c2=O)C[C@@H]1O. The van der Waals surface area contributed by atoms with Crippen molar-refractivity contribution in [3.05, 3.63) is 33.1 Å². The largest absolute Gasteiger partial charge is 0.390 e. The van der Waals surface area contributed by atoms with Gasteiger partial charge in [-0.3, -0.25) is 14.3 Å². The summed E-state index contributed by atoms with van der Waals surface area (Å²) in [5.41, 5.74) is -1.05. The van der Waals surface area contributed by atoms with Gasteiger partial charge in [-0.15, -0.1) is 0 Å². The number of nitrogens with one attached hydrogen (secondary N) is 1. The standard InChI is InChI=1S/C9H12N2O4/c1-5-6(12)4-8(15-5)11-3-2-7(13)10-9(11)14/h2-3,5-6,8,12H,4H2,1H3,(H,10,13,14)/t5-,6+,8-/m1/s1/i1D. The van der Waals surface area contributed by atoms with Crippen LogP contribution in [-0.2, 0) is 4.74 Å². The molecule has 1 fully saturated rings. The van der Waals surface area contributed by atoms with Crippen molar-refractivity contribution in [2.24, 2.45) is 0 Å². The smallest absolute Gasteiger partial charge is 0.330 e. The Bertz CT molecular complexity index is 483. The maximum atomic E-state index is 11.4. The highest BCUT2D eigenvalue weighted by molar-refractivity contribution is 4.87. The first-order chi connectivity index (χ1) is 7.61. The molecule has 6 heteroatoms. The van der Waals surface area contributed by atoms with E-state index in [-0.39, 0.29) is 13.3 Å². The van der Waals surface area contributed by atoms with E-state index in [0.717, 1.165) is 0 Å². The lowest BCUT2D eigenvalue weighted by molar-refractivity contribution is -0.0101. The highest BCUT2D eigenvalue weighted by Crippen LogP contribution is 2.26. The second-order valence-electron chi connectivity index (χ2n) is 3.45. The third-order valence-electron chi connectivity index (χ3n) is 2.37. The topological polar surface area (TPSA) is 84.3 Å². The van der Waals surface area contributed by atoms with Crippen LogP contribution in [0.2, 0.25) is 0 Å². The molecule has 1 aliphatic heterocycles. The average Bonchev–Trinajstić information content (AvgIpc) is 2.59. The molecule has 2 rings (SSSR count). The number of aromatic nitrogens is 2. The Morgan fingerprint density at radius 1 is 1.73 bits per heavy atom. The van der Waals surface area contributed by atoms with E-state index >= 15 is 0 Å². The molecule has 0 aliphatic carbocycles. The van der Waals surface area contributed by atoms with Crippen molar-refractivity contribution in [2.45, 2.75) is 31.8 Å². The van der Waals surface area contributed by atoms with Gasteiger partial charge in [0, 0.05) is 20.1 Å². The number of ether oxygens (including phenoxy) is 1. The molecule has 82 valence electrons. The minimum Gasteiger partial charge on any atom is -0.390 e. The van der Waals surface area contributed by atoms with Gasteiger partial charge in [-0.25, -0.2) is 4.79 Å². The van der Waals surface area contributed by atoms with Crippen molar-refractivity contribution >= 4 is 0 Å². The third-order valence-corrected chi connectivity index (χ3v) is 2.37. The van der Waals surface area contributed by atoms with Crippen LogP contribution in [0.5, 0.6) is 0 Å². The van der Waals surface area contributed by atoms with Gasteiger partial charge in [0.25, 0.3) is 5.56 Å². The highest BCUT2D eigenvalue weighted by Gasteiger charge is 2.32. The summed E-state index contributed by atoms with van der Waals surface area (Å²) in [5, 5.41) is 9.53. The second-order valence-corrected chi connectivity index (χ2v) is 3.45. The first kappa shape index (κ1) is 8.87. The lowest BCUT2D eigenvalue weighted by Crippen LogP contribution is -2.31. The number of hydrogen-bond donors (Lipinski definition) is 2. The van der Waals surface area contributed by atoms with Crippen LogP contribution >= 0.6 is 0 Å². The summed E-state index contributed by atoms with van der Waals surface area (Å²) in [6.45, 7) is -0.0598. The number of H-pyrrole nitrogens is 1. The number of rotatable bonds is 1. The molecular formula is C9H12N2O4. The molecule has 0 unspecified atom stereocenters. The van der Waals surface area contributed by atoms with Crippen molar-refractivity contribution < 1.29 is 11.2 Å². The van der Waals surface area contributed by atoms with Crippen LogP contribution in [0.4, 0.5) is 0 Å². The van der Waals surface area contributed by atoms with Crippen LogP contribution in [0.25, 0.3) is 0 Å². The van der Waals surface area contributed by atoms with Crippen LogP contribution in [0.3, 0.4) is 0 Å². The predicted molar refractivity (Wildman–Crippen MR) is 51.5 cm³/mol. The van der Waals surface area contributed by atoms with E-state index in [2.05, 4.69) is 4.98 Å². The molecule has 0 saturated carbocycles. The number of nitrogens with zero attached hydrogens (tertiary/aromatic N) is 1. The van der Waals surface area contributed by atoms with E-state index in [0.29, 0.717) is 0 Å². The maximum absolute atomic E-state index is 11.4. The van der Waals surface area contributed by atoms with Gasteiger partial charge in [-0.05, 0) is 6.90 Å². The van der Waals surface area contributed by atoms with Crippen LogP contribution < -0.4 is 11.2 Å². The molecule has 1 aliphatic rings. The third kappa shape index (κ3) is 1.86. The van der Waals surface area contributed by atoms with Crippen molar-refractivity contribution in [3.63, 3.8) is 0 Å². The van der Waals surface area contributed by atoms with Gasteiger partial charge in [-0.2, -0.15) is 0 Å². The average molecular weight is 213 g/mol. The van der Waals surface area contributed by atoms with Crippen LogP contribution in [0.15, 0.2) is 21.9 Å². The monoisotopic (exact) mass is 213 g/mol. The molecule has 3 atom stereocenters. The minimum absolute atomic E-state index is 0.0598. The van der Waals surface area contributed by atoms with E-state index in [9.17, 15) is 14.7 Å².